The number of carbonyl (C=O) groups excluding carboxylic acids is 2. The second-order valence-corrected chi connectivity index (χ2v) is 15.5. The highest BCUT2D eigenvalue weighted by Crippen LogP contribution is 2.41. The van der Waals surface area contributed by atoms with Gasteiger partial charge in [0.15, 0.2) is 28.2 Å². The Morgan fingerprint density at radius 3 is 2.66 bits per heavy atom. The fourth-order valence-electron chi connectivity index (χ4n) is 4.86. The van der Waals surface area contributed by atoms with E-state index in [0.717, 1.165) is 34.4 Å². The van der Waals surface area contributed by atoms with Crippen LogP contribution in [0.15, 0.2) is 56.0 Å². The highest BCUT2D eigenvalue weighted by molar-refractivity contribution is 8.01. The number of oxime groups is 1. The van der Waals surface area contributed by atoms with Gasteiger partial charge in [-0.05, 0) is 30.7 Å². The smallest absolute Gasteiger partial charge is 0.352 e. The molecular formula is C27H25N9O10S4. The number of thiazole rings is 1. The molecule has 2 amide bonds. The van der Waals surface area contributed by atoms with Gasteiger partial charge in [0.1, 0.15) is 34.4 Å². The molecule has 19 nitrogen and oxygen atoms in total. The van der Waals surface area contributed by atoms with Gasteiger partial charge in [-0.3, -0.25) is 14.5 Å². The van der Waals surface area contributed by atoms with Crippen molar-refractivity contribution in [1.29, 1.82) is 0 Å². The van der Waals surface area contributed by atoms with Gasteiger partial charge in [-0.15, -0.1) is 40.0 Å². The number of nitrogens with two attached hydrogens (primary N) is 1. The van der Waals surface area contributed by atoms with Crippen molar-refractivity contribution in [1.82, 2.24) is 34.8 Å². The molecule has 0 bridgehead atoms. The number of aromatic hydroxyl groups is 2. The Morgan fingerprint density at radius 2 is 1.98 bits per heavy atom. The van der Waals surface area contributed by atoms with Gasteiger partial charge in [0.2, 0.25) is 15.8 Å². The molecule has 0 unspecified atom stereocenters. The van der Waals surface area contributed by atoms with Crippen molar-refractivity contribution in [2.24, 2.45) is 5.16 Å². The first-order valence-corrected chi connectivity index (χ1v) is 18.7. The zero-order chi connectivity index (χ0) is 35.9. The second kappa shape index (κ2) is 13.7. The molecule has 6 rings (SSSR count). The van der Waals surface area contributed by atoms with E-state index in [4.69, 9.17) is 10.6 Å². The minimum Gasteiger partial charge on any atom is -0.504 e. The number of carbonyl (C=O) groups is 3. The maximum Gasteiger partial charge on any atom is 0.352 e. The number of sulfone groups is 1. The van der Waals surface area contributed by atoms with Gasteiger partial charge in [-0.2, -0.15) is 9.50 Å². The van der Waals surface area contributed by atoms with Crippen LogP contribution in [0.1, 0.15) is 17.2 Å². The quantitative estimate of drug-likeness (QED) is 0.0278. The highest BCUT2D eigenvalue weighted by atomic mass is 32.2. The van der Waals surface area contributed by atoms with Crippen molar-refractivity contribution in [2.75, 3.05) is 23.2 Å². The molecule has 1 saturated heterocycles. The molecule has 23 heteroatoms. The maximum absolute atomic E-state index is 13.4. The molecule has 3 aromatic heterocycles. The van der Waals surface area contributed by atoms with Crippen LogP contribution < -0.4 is 11.1 Å². The molecule has 7 N–H and O–H groups in total. The topological polar surface area (TPSA) is 285 Å². The number of anilines is 1. The average molecular weight is 764 g/mol. The summed E-state index contributed by atoms with van der Waals surface area (Å²) in [5.74, 6) is -4.46. The Bertz CT molecular complexity index is 2220. The Morgan fingerprint density at radius 1 is 1.20 bits per heavy atom. The van der Waals surface area contributed by atoms with Crippen molar-refractivity contribution in [3.05, 3.63) is 58.1 Å². The fourth-order valence-corrected chi connectivity index (χ4v) is 8.83. The molecule has 1 fully saturated rings. The monoisotopic (exact) mass is 763 g/mol. The summed E-state index contributed by atoms with van der Waals surface area (Å²) in [5.41, 5.74) is 6.00. The van der Waals surface area contributed by atoms with Crippen LogP contribution in [0.4, 0.5) is 5.13 Å². The number of hydrogen-bond donors (Lipinski definition) is 6. The molecule has 0 saturated carbocycles. The number of thioether (sulfide) groups is 2. The minimum absolute atomic E-state index is 0.0587. The lowest BCUT2D eigenvalue weighted by atomic mass is 10.0. The van der Waals surface area contributed by atoms with E-state index in [-0.39, 0.29) is 51.1 Å². The molecular weight excluding hydrogens is 739 g/mol. The third-order valence-electron chi connectivity index (χ3n) is 7.17. The number of nitrogens with one attached hydrogen (secondary N) is 1. The number of carboxylic acid groups (broad SMARTS) is 1. The Hall–Kier alpha value is -4.97. The predicted molar refractivity (Wildman–Crippen MR) is 178 cm³/mol. The molecule has 2 aliphatic heterocycles. The number of aryl methyl sites for hydroxylation is 1. The number of phenols is 2. The number of benzene rings is 1. The SMILES string of the molecule is Cc1cc(SCC2=C(C(=O)O)N3C(=O)[C@@H](NC(=O)/C(=N\OCS(=O)(=O)c4ccc(O)c(O)c4)c4csc(N)n4)[C@H]3SC2)n2nc(CO)nc2n1. The maximum atomic E-state index is 13.4. The number of carboxylic acids is 1. The summed E-state index contributed by atoms with van der Waals surface area (Å²) in [6, 6.07) is 3.39. The van der Waals surface area contributed by atoms with Crippen molar-refractivity contribution < 1.29 is 48.1 Å². The summed E-state index contributed by atoms with van der Waals surface area (Å²) >= 11 is 3.45. The van der Waals surface area contributed by atoms with E-state index >= 15 is 0 Å². The lowest BCUT2D eigenvalue weighted by Gasteiger charge is -2.49. The number of rotatable bonds is 12. The highest BCUT2D eigenvalue weighted by Gasteiger charge is 2.54. The molecule has 4 aromatic rings. The molecule has 5 heterocycles. The van der Waals surface area contributed by atoms with Gasteiger partial charge in [-0.1, -0.05) is 5.16 Å². The van der Waals surface area contributed by atoms with Crippen molar-refractivity contribution >= 4 is 79.1 Å². The van der Waals surface area contributed by atoms with E-state index in [1.54, 1.807) is 13.0 Å². The lowest BCUT2D eigenvalue weighted by Crippen LogP contribution is -2.71. The fraction of sp³-hybridized carbons (Fsp3) is 0.259. The van der Waals surface area contributed by atoms with Crippen LogP contribution in [-0.2, 0) is 35.7 Å². The molecule has 0 spiro atoms. The summed E-state index contributed by atoms with van der Waals surface area (Å²) < 4.78 is 26.8. The summed E-state index contributed by atoms with van der Waals surface area (Å²) in [6.07, 6.45) is 0. The summed E-state index contributed by atoms with van der Waals surface area (Å²) in [7, 11) is -4.22. The molecule has 50 heavy (non-hydrogen) atoms. The summed E-state index contributed by atoms with van der Waals surface area (Å²) in [4.78, 5) is 57.4. The van der Waals surface area contributed by atoms with Crippen LogP contribution in [0.25, 0.3) is 5.78 Å². The Kier molecular flexibility index (Phi) is 9.58. The number of aliphatic hydroxyl groups is 1. The Labute approximate surface area is 293 Å². The lowest BCUT2D eigenvalue weighted by molar-refractivity contribution is -0.150. The second-order valence-electron chi connectivity index (χ2n) is 10.6. The molecule has 0 radical (unpaired) electrons. The molecule has 2 aliphatic rings. The number of β-lactam (4-membered cyclic amide) rings is 1. The molecule has 0 aliphatic carbocycles. The van der Waals surface area contributed by atoms with Crippen molar-refractivity contribution in [3.63, 3.8) is 0 Å². The zero-order valence-electron chi connectivity index (χ0n) is 25.4. The van der Waals surface area contributed by atoms with E-state index in [0.29, 0.717) is 16.3 Å². The minimum atomic E-state index is -4.22. The van der Waals surface area contributed by atoms with Crippen LogP contribution in [0, 0.1) is 6.92 Å². The van der Waals surface area contributed by atoms with Crippen LogP contribution in [-0.4, -0.2) is 111 Å². The summed E-state index contributed by atoms with van der Waals surface area (Å²) in [5, 5.41) is 50.3. The largest absolute Gasteiger partial charge is 0.504 e. The van der Waals surface area contributed by atoms with E-state index in [2.05, 4.69) is 30.5 Å². The number of aliphatic carboxylic acids is 1. The number of nitrogen functional groups attached to an aromatic ring is 1. The zero-order valence-corrected chi connectivity index (χ0v) is 28.7. The first-order valence-electron chi connectivity index (χ1n) is 14.1. The number of aromatic nitrogens is 5. The van der Waals surface area contributed by atoms with E-state index in [1.165, 1.54) is 33.4 Å². The van der Waals surface area contributed by atoms with E-state index in [1.807, 2.05) is 0 Å². The normalized spacial score (nSPS) is 17.8. The number of phenolic OH excluding ortho intramolecular Hbond substituents is 2. The van der Waals surface area contributed by atoms with Gasteiger partial charge in [0.25, 0.3) is 17.6 Å². The molecule has 262 valence electrons. The van der Waals surface area contributed by atoms with Crippen molar-refractivity contribution in [3.8, 4) is 11.5 Å². The number of nitrogens with zero attached hydrogens (tertiary/aromatic N) is 7. The van der Waals surface area contributed by atoms with Gasteiger partial charge in [-0.25, -0.2) is 23.2 Å². The number of hydrogen-bond acceptors (Lipinski definition) is 18. The average Bonchev–Trinajstić information content (AvgIpc) is 3.70. The van der Waals surface area contributed by atoms with Gasteiger partial charge < -0.3 is 36.3 Å². The van der Waals surface area contributed by atoms with Gasteiger partial charge in [0, 0.05) is 28.6 Å². The third-order valence-corrected chi connectivity index (χ3v) is 11.7. The van der Waals surface area contributed by atoms with Gasteiger partial charge >= 0.3 is 5.97 Å². The van der Waals surface area contributed by atoms with E-state index < -0.39 is 62.2 Å². The van der Waals surface area contributed by atoms with Crippen molar-refractivity contribution in [2.45, 2.75) is 34.9 Å². The third kappa shape index (κ3) is 6.76. The first kappa shape index (κ1) is 34.9. The first-order chi connectivity index (χ1) is 23.8. The van der Waals surface area contributed by atoms with Crippen LogP contribution in [0.5, 0.6) is 11.5 Å². The van der Waals surface area contributed by atoms with E-state index in [9.17, 15) is 43.2 Å². The predicted octanol–water partition coefficient (Wildman–Crippen LogP) is 0.0579. The summed E-state index contributed by atoms with van der Waals surface area (Å²) in [6.45, 7) is 1.37. The standard InChI is InChI=1S/C27H25N9O10S4/c1-11-4-18(36-27(29-11)31-17(6-37)33-36)47-7-12-8-48-24-20(23(41)35(24)21(12)25(42)43)32-22(40)19(14-9-49-26(28)30-14)34-46-10-50(44,45)13-2-3-15(38)16(39)5-13/h2-5,9,20,24,37-39H,6-8,10H2,1H3,(H2,28,30)(H,32,40)(H,42,43)/b34-19-/t20-,24-/m1/s1. The van der Waals surface area contributed by atoms with Crippen LogP contribution in [0.3, 0.4) is 0 Å². The number of aliphatic hydroxyl groups excluding tert-OH is 1. The van der Waals surface area contributed by atoms with Crippen LogP contribution >= 0.6 is 34.9 Å². The number of amides is 2. The van der Waals surface area contributed by atoms with Crippen LogP contribution in [0.2, 0.25) is 0 Å². The number of fused-ring (bicyclic) bond motifs is 2. The Balaban J connectivity index is 1.18. The molecule has 1 aromatic carbocycles. The molecule has 2 atom stereocenters. The van der Waals surface area contributed by atoms with Gasteiger partial charge in [0.05, 0.1) is 4.90 Å².